The molecule has 2 atom stereocenters. The zero-order valence-electron chi connectivity index (χ0n) is 15.2. The topological polar surface area (TPSA) is 47.6 Å². The highest BCUT2D eigenvalue weighted by Gasteiger charge is 2.29. The van der Waals surface area contributed by atoms with E-state index in [2.05, 4.69) is 30.4 Å². The van der Waals surface area contributed by atoms with E-state index in [4.69, 9.17) is 9.47 Å². The lowest BCUT2D eigenvalue weighted by molar-refractivity contribution is -0.131. The maximum absolute atomic E-state index is 12.7. The summed E-state index contributed by atoms with van der Waals surface area (Å²) in [5.41, 5.74) is 4.08. The first-order valence-electron chi connectivity index (χ1n) is 9.55. The molecule has 0 saturated heterocycles. The van der Waals surface area contributed by atoms with E-state index in [-0.39, 0.29) is 18.6 Å². The molecule has 4 nitrogen and oxygen atoms in total. The number of fused-ring (bicyclic) bond motifs is 2. The minimum atomic E-state index is -0.614. The molecule has 26 heavy (non-hydrogen) atoms. The first kappa shape index (κ1) is 17.0. The van der Waals surface area contributed by atoms with Crippen LogP contribution in [0, 0.1) is 0 Å². The van der Waals surface area contributed by atoms with Crippen molar-refractivity contribution in [1.29, 1.82) is 0 Å². The molecule has 4 rings (SSSR count). The third-order valence-electron chi connectivity index (χ3n) is 5.30. The minimum Gasteiger partial charge on any atom is -0.485 e. The van der Waals surface area contributed by atoms with Crippen molar-refractivity contribution in [1.82, 2.24) is 5.32 Å². The normalized spacial score (nSPS) is 19.3. The highest BCUT2D eigenvalue weighted by molar-refractivity contribution is 5.82. The summed E-state index contributed by atoms with van der Waals surface area (Å²) in [6.45, 7) is 2.33. The van der Waals surface area contributed by atoms with E-state index in [9.17, 15) is 4.79 Å². The smallest absolute Gasteiger partial charge is 0.265 e. The Labute approximate surface area is 154 Å². The summed E-state index contributed by atoms with van der Waals surface area (Å²) in [5.74, 6) is 1.20. The maximum Gasteiger partial charge on any atom is 0.265 e. The Hall–Kier alpha value is -2.49. The average molecular weight is 351 g/mol. The molecule has 136 valence electrons. The molecule has 0 aromatic heterocycles. The van der Waals surface area contributed by atoms with E-state index in [1.165, 1.54) is 36.0 Å². The molecule has 1 heterocycles. The van der Waals surface area contributed by atoms with Gasteiger partial charge >= 0.3 is 0 Å². The lowest BCUT2D eigenvalue weighted by Crippen LogP contribution is -2.45. The van der Waals surface area contributed by atoms with E-state index < -0.39 is 6.10 Å². The van der Waals surface area contributed by atoms with Crippen LogP contribution in [0.1, 0.15) is 48.9 Å². The second-order valence-corrected chi connectivity index (χ2v) is 7.07. The Morgan fingerprint density at radius 3 is 2.69 bits per heavy atom. The summed E-state index contributed by atoms with van der Waals surface area (Å²) in [5, 5.41) is 3.15. The van der Waals surface area contributed by atoms with Gasteiger partial charge in [0.25, 0.3) is 5.91 Å². The van der Waals surface area contributed by atoms with Gasteiger partial charge in [-0.15, -0.1) is 0 Å². The Morgan fingerprint density at radius 2 is 1.88 bits per heavy atom. The van der Waals surface area contributed by atoms with Crippen LogP contribution in [0.25, 0.3) is 0 Å². The Morgan fingerprint density at radius 1 is 1.12 bits per heavy atom. The van der Waals surface area contributed by atoms with Crippen molar-refractivity contribution >= 4 is 5.91 Å². The first-order valence-corrected chi connectivity index (χ1v) is 9.55. The number of benzene rings is 2. The second-order valence-electron chi connectivity index (χ2n) is 7.07. The van der Waals surface area contributed by atoms with E-state index >= 15 is 0 Å². The van der Waals surface area contributed by atoms with Crippen molar-refractivity contribution in [3.8, 4) is 11.5 Å². The molecule has 0 radical (unpaired) electrons. The van der Waals surface area contributed by atoms with Crippen molar-refractivity contribution in [3.63, 3.8) is 0 Å². The molecule has 0 saturated carbocycles. The van der Waals surface area contributed by atoms with Crippen LogP contribution < -0.4 is 14.8 Å². The molecule has 4 heteroatoms. The summed E-state index contributed by atoms with van der Waals surface area (Å²) < 4.78 is 11.5. The van der Waals surface area contributed by atoms with E-state index in [1.54, 1.807) is 0 Å². The number of ether oxygens (including phenoxy) is 2. The number of amides is 1. The van der Waals surface area contributed by atoms with Gasteiger partial charge in [0.15, 0.2) is 11.5 Å². The SMILES string of the molecule is CC[C@@H](NC(=O)[C@@H]1COc2ccccc2O1)c1ccc2c(c1)CCCC2. The largest absolute Gasteiger partial charge is 0.485 e. The zero-order valence-corrected chi connectivity index (χ0v) is 15.2. The third kappa shape index (κ3) is 3.41. The molecule has 0 spiro atoms. The van der Waals surface area contributed by atoms with Crippen molar-refractivity contribution in [2.24, 2.45) is 0 Å². The van der Waals surface area contributed by atoms with Gasteiger partial charge in [-0.05, 0) is 60.9 Å². The van der Waals surface area contributed by atoms with Crippen LogP contribution >= 0.6 is 0 Å². The third-order valence-corrected chi connectivity index (χ3v) is 5.30. The Balaban J connectivity index is 1.46. The first-order chi connectivity index (χ1) is 12.7. The summed E-state index contributed by atoms with van der Waals surface area (Å²) in [7, 11) is 0. The minimum absolute atomic E-state index is 0.00417. The summed E-state index contributed by atoms with van der Waals surface area (Å²) in [4.78, 5) is 12.7. The molecule has 0 fully saturated rings. The number of carbonyl (C=O) groups excluding carboxylic acids is 1. The van der Waals surface area contributed by atoms with Gasteiger partial charge in [0, 0.05) is 0 Å². The van der Waals surface area contributed by atoms with Gasteiger partial charge in [-0.3, -0.25) is 4.79 Å². The lowest BCUT2D eigenvalue weighted by atomic mass is 9.89. The fourth-order valence-corrected chi connectivity index (χ4v) is 3.80. The number of hydrogen-bond donors (Lipinski definition) is 1. The molecule has 1 amide bonds. The highest BCUT2D eigenvalue weighted by Crippen LogP contribution is 2.31. The van der Waals surface area contributed by atoms with Gasteiger partial charge in [-0.25, -0.2) is 0 Å². The standard InChI is InChI=1S/C22H25NO3/c1-2-18(17-12-11-15-7-3-4-8-16(15)13-17)23-22(24)21-14-25-19-9-5-6-10-20(19)26-21/h5-6,9-13,18,21H,2-4,7-8,14H2,1H3,(H,23,24)/t18-,21+/m1/s1. The molecular formula is C22H25NO3. The number of rotatable bonds is 4. The summed E-state index contributed by atoms with van der Waals surface area (Å²) in [6.07, 6.45) is 5.08. The molecule has 2 aliphatic rings. The van der Waals surface area contributed by atoms with Crippen LogP contribution in [0.5, 0.6) is 11.5 Å². The number of nitrogens with one attached hydrogen (secondary N) is 1. The zero-order chi connectivity index (χ0) is 17.9. The number of hydrogen-bond acceptors (Lipinski definition) is 3. The van der Waals surface area contributed by atoms with Crippen molar-refractivity contribution in [2.75, 3.05) is 6.61 Å². The molecule has 2 aromatic rings. The number of para-hydroxylation sites is 2. The van der Waals surface area contributed by atoms with E-state index in [0.29, 0.717) is 11.5 Å². The van der Waals surface area contributed by atoms with Gasteiger partial charge in [-0.1, -0.05) is 37.3 Å². The summed E-state index contributed by atoms with van der Waals surface area (Å²) in [6, 6.07) is 14.1. The molecule has 1 aliphatic heterocycles. The summed E-state index contributed by atoms with van der Waals surface area (Å²) >= 11 is 0. The molecule has 2 aromatic carbocycles. The van der Waals surface area contributed by atoms with Crippen LogP contribution in [0.4, 0.5) is 0 Å². The van der Waals surface area contributed by atoms with Crippen molar-refractivity contribution in [2.45, 2.75) is 51.2 Å². The van der Waals surface area contributed by atoms with Gasteiger partial charge in [-0.2, -0.15) is 0 Å². The fourth-order valence-electron chi connectivity index (χ4n) is 3.80. The Bertz CT molecular complexity index is 802. The van der Waals surface area contributed by atoms with Crippen LogP contribution in [0.3, 0.4) is 0 Å². The molecular weight excluding hydrogens is 326 g/mol. The average Bonchev–Trinajstić information content (AvgIpc) is 2.71. The van der Waals surface area contributed by atoms with Crippen LogP contribution in [0.2, 0.25) is 0 Å². The number of carbonyl (C=O) groups is 1. The Kier molecular flexibility index (Phi) is 4.83. The van der Waals surface area contributed by atoms with Crippen LogP contribution in [-0.2, 0) is 17.6 Å². The second kappa shape index (κ2) is 7.40. The quantitative estimate of drug-likeness (QED) is 0.907. The van der Waals surface area contributed by atoms with E-state index in [0.717, 1.165) is 12.8 Å². The van der Waals surface area contributed by atoms with E-state index in [1.807, 2.05) is 24.3 Å². The van der Waals surface area contributed by atoms with Crippen molar-refractivity contribution in [3.05, 3.63) is 59.2 Å². The monoisotopic (exact) mass is 351 g/mol. The van der Waals surface area contributed by atoms with Gasteiger partial charge < -0.3 is 14.8 Å². The molecule has 0 unspecified atom stereocenters. The van der Waals surface area contributed by atoms with Crippen LogP contribution in [0.15, 0.2) is 42.5 Å². The lowest BCUT2D eigenvalue weighted by Gasteiger charge is -2.28. The van der Waals surface area contributed by atoms with Crippen LogP contribution in [-0.4, -0.2) is 18.6 Å². The maximum atomic E-state index is 12.7. The number of aryl methyl sites for hydroxylation is 2. The van der Waals surface area contributed by atoms with Crippen molar-refractivity contribution < 1.29 is 14.3 Å². The molecule has 1 aliphatic carbocycles. The predicted molar refractivity (Wildman–Crippen MR) is 101 cm³/mol. The van der Waals surface area contributed by atoms with Gasteiger partial charge in [0.05, 0.1) is 6.04 Å². The fraction of sp³-hybridized carbons (Fsp3) is 0.409. The predicted octanol–water partition coefficient (Wildman–Crippen LogP) is 3.97. The van der Waals surface area contributed by atoms with Gasteiger partial charge in [0.1, 0.15) is 6.61 Å². The molecule has 0 bridgehead atoms. The molecule has 1 N–H and O–H groups in total. The highest BCUT2D eigenvalue weighted by atomic mass is 16.6. The van der Waals surface area contributed by atoms with Gasteiger partial charge in [0.2, 0.25) is 6.10 Å².